The van der Waals surface area contributed by atoms with E-state index in [9.17, 15) is 14.4 Å². The second-order valence-corrected chi connectivity index (χ2v) is 17.1. The van der Waals surface area contributed by atoms with Crippen LogP contribution in [0.2, 0.25) is 0 Å². The first-order chi connectivity index (χ1) is 30.0. The first-order valence-electron chi connectivity index (χ1n) is 25.8. The van der Waals surface area contributed by atoms with Gasteiger partial charge in [0.05, 0.1) is 0 Å². The topological polar surface area (TPSA) is 78.9 Å². The van der Waals surface area contributed by atoms with Crippen LogP contribution >= 0.6 is 0 Å². The number of hydrogen-bond donors (Lipinski definition) is 0. The Morgan fingerprint density at radius 2 is 0.639 bits per heavy atom. The normalized spacial score (nSPS) is 12.5. The largest absolute Gasteiger partial charge is 0.462 e. The predicted molar refractivity (Wildman–Crippen MR) is 261 cm³/mol. The predicted octanol–water partition coefficient (Wildman–Crippen LogP) is 16.9. The summed E-state index contributed by atoms with van der Waals surface area (Å²) in [5.74, 6) is -0.894. The summed E-state index contributed by atoms with van der Waals surface area (Å²) in [7, 11) is 0. The fourth-order valence-corrected chi connectivity index (χ4v) is 7.13. The summed E-state index contributed by atoms with van der Waals surface area (Å²) in [6, 6.07) is 0. The van der Waals surface area contributed by atoms with Crippen LogP contribution in [0.3, 0.4) is 0 Å². The lowest BCUT2D eigenvalue weighted by Crippen LogP contribution is -2.30. The Bertz CT molecular complexity index is 1120. The van der Waals surface area contributed by atoms with Gasteiger partial charge in [-0.1, -0.05) is 210 Å². The minimum absolute atomic E-state index is 0.0776. The van der Waals surface area contributed by atoms with Crippen LogP contribution in [0.4, 0.5) is 0 Å². The van der Waals surface area contributed by atoms with Crippen LogP contribution in [0, 0.1) is 0 Å². The lowest BCUT2D eigenvalue weighted by molar-refractivity contribution is -0.167. The molecule has 0 aliphatic heterocycles. The van der Waals surface area contributed by atoms with Gasteiger partial charge in [-0.05, 0) is 83.5 Å². The summed E-state index contributed by atoms with van der Waals surface area (Å²) in [6.07, 6.45) is 60.8. The third-order valence-electron chi connectivity index (χ3n) is 11.0. The van der Waals surface area contributed by atoms with Crippen molar-refractivity contribution in [2.45, 2.75) is 258 Å². The van der Waals surface area contributed by atoms with Crippen LogP contribution in [-0.4, -0.2) is 37.2 Å². The zero-order chi connectivity index (χ0) is 44.4. The highest BCUT2D eigenvalue weighted by atomic mass is 16.6. The molecular formula is C55H96O6. The van der Waals surface area contributed by atoms with Gasteiger partial charge in [0.25, 0.3) is 0 Å². The van der Waals surface area contributed by atoms with Crippen LogP contribution in [0.15, 0.2) is 60.8 Å². The molecule has 6 nitrogen and oxygen atoms in total. The highest BCUT2D eigenvalue weighted by Gasteiger charge is 2.19. The lowest BCUT2D eigenvalue weighted by atomic mass is 10.1. The molecule has 0 aromatic carbocycles. The molecule has 0 saturated heterocycles. The van der Waals surface area contributed by atoms with Gasteiger partial charge in [-0.2, -0.15) is 0 Å². The van der Waals surface area contributed by atoms with E-state index in [1.165, 1.54) is 116 Å². The van der Waals surface area contributed by atoms with E-state index in [2.05, 4.69) is 81.5 Å². The molecule has 1 unspecified atom stereocenters. The van der Waals surface area contributed by atoms with E-state index in [0.717, 1.165) is 96.3 Å². The van der Waals surface area contributed by atoms with Gasteiger partial charge in [-0.15, -0.1) is 0 Å². The molecule has 0 aromatic rings. The van der Waals surface area contributed by atoms with Gasteiger partial charge in [-0.25, -0.2) is 0 Å². The maximum Gasteiger partial charge on any atom is 0.306 e. The van der Waals surface area contributed by atoms with E-state index in [1.54, 1.807) is 0 Å². The van der Waals surface area contributed by atoms with Crippen molar-refractivity contribution in [1.82, 2.24) is 0 Å². The first kappa shape index (κ1) is 58.1. The van der Waals surface area contributed by atoms with Gasteiger partial charge < -0.3 is 14.2 Å². The molecule has 0 rings (SSSR count). The van der Waals surface area contributed by atoms with Crippen molar-refractivity contribution in [3.8, 4) is 0 Å². The van der Waals surface area contributed by atoms with Crippen molar-refractivity contribution >= 4 is 17.9 Å². The summed E-state index contributed by atoms with van der Waals surface area (Å²) in [4.78, 5) is 37.8. The standard InChI is InChI=1S/C55H96O6/c1-4-7-10-13-16-18-20-22-23-24-25-26-27-28-29-30-31-33-34-36-39-42-45-48-54(57)60-51-52(50-59-53(56)47-44-41-38-15-12-9-6-3)61-55(58)49-46-43-40-37-35-32-21-19-17-14-11-8-5-2/h7,10,16,18-19,21-23,25-26,52H,4-6,8-9,11-15,17,20,24,27-51H2,1-3H3/b10-7-,18-16-,21-19-,23-22-,26-25-. The highest BCUT2D eigenvalue weighted by molar-refractivity contribution is 5.71. The Labute approximate surface area is 377 Å². The van der Waals surface area contributed by atoms with Crippen LogP contribution in [0.5, 0.6) is 0 Å². The summed E-state index contributed by atoms with van der Waals surface area (Å²) in [6.45, 7) is 6.46. The van der Waals surface area contributed by atoms with Crippen LogP contribution < -0.4 is 0 Å². The number of allylic oxidation sites excluding steroid dienone is 10. The number of unbranched alkanes of at least 4 members (excludes halogenated alkanes) is 25. The number of esters is 3. The average molecular weight is 853 g/mol. The Balaban J connectivity index is 4.19. The van der Waals surface area contributed by atoms with E-state index < -0.39 is 6.10 Å². The molecule has 0 spiro atoms. The highest BCUT2D eigenvalue weighted by Crippen LogP contribution is 2.15. The number of carbonyl (C=O) groups is 3. The maximum atomic E-state index is 12.7. The van der Waals surface area contributed by atoms with Crippen LogP contribution in [-0.2, 0) is 28.6 Å². The lowest BCUT2D eigenvalue weighted by Gasteiger charge is -2.18. The smallest absolute Gasteiger partial charge is 0.306 e. The SMILES string of the molecule is CC/C=C\C/C=C\C/C=C\C/C=C\CCCCCCCCCCCCC(=O)OCC(COC(=O)CCCCCCCCC)OC(=O)CCCCCCC/C=C\CCCCCC. The van der Waals surface area contributed by atoms with E-state index >= 15 is 0 Å². The summed E-state index contributed by atoms with van der Waals surface area (Å²) >= 11 is 0. The zero-order valence-electron chi connectivity index (χ0n) is 40.2. The Morgan fingerprint density at radius 1 is 0.344 bits per heavy atom. The van der Waals surface area contributed by atoms with Gasteiger partial charge in [-0.3, -0.25) is 14.4 Å². The van der Waals surface area contributed by atoms with E-state index in [1.807, 2.05) is 0 Å². The minimum Gasteiger partial charge on any atom is -0.462 e. The number of rotatable bonds is 46. The molecule has 0 fully saturated rings. The van der Waals surface area contributed by atoms with E-state index in [0.29, 0.717) is 19.3 Å². The molecular weight excluding hydrogens is 757 g/mol. The number of hydrogen-bond acceptors (Lipinski definition) is 6. The van der Waals surface area contributed by atoms with Crippen molar-refractivity contribution in [3.05, 3.63) is 60.8 Å². The van der Waals surface area contributed by atoms with Gasteiger partial charge in [0.2, 0.25) is 0 Å². The third kappa shape index (κ3) is 48.0. The second-order valence-electron chi connectivity index (χ2n) is 17.1. The number of carbonyl (C=O) groups excluding carboxylic acids is 3. The molecule has 0 aromatic heterocycles. The Kier molecular flexibility index (Phi) is 47.4. The average Bonchev–Trinajstić information content (AvgIpc) is 3.26. The van der Waals surface area contributed by atoms with Gasteiger partial charge in [0.15, 0.2) is 6.10 Å². The molecule has 0 radical (unpaired) electrons. The van der Waals surface area contributed by atoms with E-state index in [4.69, 9.17) is 14.2 Å². The summed E-state index contributed by atoms with van der Waals surface area (Å²) in [5, 5.41) is 0. The fraction of sp³-hybridized carbons (Fsp3) is 0.764. The molecule has 1 atom stereocenters. The maximum absolute atomic E-state index is 12.7. The molecule has 0 bridgehead atoms. The fourth-order valence-electron chi connectivity index (χ4n) is 7.13. The minimum atomic E-state index is -0.775. The summed E-state index contributed by atoms with van der Waals surface area (Å²) < 4.78 is 16.7. The molecule has 0 aliphatic carbocycles. The van der Waals surface area contributed by atoms with Crippen LogP contribution in [0.25, 0.3) is 0 Å². The van der Waals surface area contributed by atoms with Crippen molar-refractivity contribution in [2.75, 3.05) is 13.2 Å². The monoisotopic (exact) mass is 853 g/mol. The summed E-state index contributed by atoms with van der Waals surface area (Å²) in [5.41, 5.74) is 0. The molecule has 352 valence electrons. The van der Waals surface area contributed by atoms with Crippen molar-refractivity contribution in [3.63, 3.8) is 0 Å². The Hall–Kier alpha value is -2.89. The molecule has 0 N–H and O–H groups in total. The molecule has 0 saturated carbocycles. The zero-order valence-corrected chi connectivity index (χ0v) is 40.2. The second kappa shape index (κ2) is 49.8. The van der Waals surface area contributed by atoms with Crippen molar-refractivity contribution in [1.29, 1.82) is 0 Å². The molecule has 6 heteroatoms. The van der Waals surface area contributed by atoms with Crippen molar-refractivity contribution in [2.24, 2.45) is 0 Å². The molecule has 0 aliphatic rings. The van der Waals surface area contributed by atoms with Gasteiger partial charge in [0, 0.05) is 19.3 Å². The van der Waals surface area contributed by atoms with Gasteiger partial charge >= 0.3 is 17.9 Å². The molecule has 0 amide bonds. The number of ether oxygens (including phenoxy) is 3. The third-order valence-corrected chi connectivity index (χ3v) is 11.0. The molecule has 0 heterocycles. The van der Waals surface area contributed by atoms with Crippen molar-refractivity contribution < 1.29 is 28.6 Å². The van der Waals surface area contributed by atoms with E-state index in [-0.39, 0.29) is 31.1 Å². The molecule has 61 heavy (non-hydrogen) atoms. The van der Waals surface area contributed by atoms with Crippen LogP contribution in [0.1, 0.15) is 252 Å². The quantitative estimate of drug-likeness (QED) is 0.0263. The van der Waals surface area contributed by atoms with Gasteiger partial charge in [0.1, 0.15) is 13.2 Å². The Morgan fingerprint density at radius 3 is 1.03 bits per heavy atom. The first-order valence-corrected chi connectivity index (χ1v) is 25.8.